The number of para-hydroxylation sites is 1. The van der Waals surface area contributed by atoms with Crippen molar-refractivity contribution in [3.8, 4) is 11.4 Å². The summed E-state index contributed by atoms with van der Waals surface area (Å²) in [5, 5.41) is 32.0. The van der Waals surface area contributed by atoms with Crippen LogP contribution in [0.25, 0.3) is 22.3 Å². The van der Waals surface area contributed by atoms with Crippen LogP contribution in [0.5, 0.6) is 0 Å². The van der Waals surface area contributed by atoms with Gasteiger partial charge < -0.3 is 20.3 Å². The Kier molecular flexibility index (Phi) is 4.81. The van der Waals surface area contributed by atoms with Crippen LogP contribution in [0.4, 0.5) is 5.82 Å². The highest BCUT2D eigenvalue weighted by Crippen LogP contribution is 2.29. The van der Waals surface area contributed by atoms with Gasteiger partial charge in [-0.05, 0) is 19.4 Å². The summed E-state index contributed by atoms with van der Waals surface area (Å²) in [6.07, 6.45) is 0. The zero-order chi connectivity index (χ0) is 19.7. The molecular formula is C20H20BN5O2. The van der Waals surface area contributed by atoms with Crippen molar-refractivity contribution in [3.63, 3.8) is 0 Å². The molecular weight excluding hydrogens is 353 g/mol. The highest BCUT2D eigenvalue weighted by atomic mass is 16.4. The molecule has 0 fully saturated rings. The Bertz CT molecular complexity index is 1130. The van der Waals surface area contributed by atoms with Gasteiger partial charge in [-0.3, -0.25) is 0 Å². The highest BCUT2D eigenvalue weighted by molar-refractivity contribution is 6.61. The molecule has 0 amide bonds. The van der Waals surface area contributed by atoms with Gasteiger partial charge in [-0.2, -0.15) is 0 Å². The van der Waals surface area contributed by atoms with Crippen molar-refractivity contribution in [2.45, 2.75) is 20.4 Å². The Balaban J connectivity index is 1.74. The van der Waals surface area contributed by atoms with Crippen LogP contribution < -0.4 is 10.8 Å². The second kappa shape index (κ2) is 7.42. The lowest BCUT2D eigenvalue weighted by atomic mass is 9.79. The molecule has 0 aliphatic rings. The molecule has 4 aromatic rings. The maximum absolute atomic E-state index is 9.63. The molecule has 0 saturated heterocycles. The van der Waals surface area contributed by atoms with E-state index in [2.05, 4.69) is 25.5 Å². The number of benzene rings is 2. The molecule has 140 valence electrons. The third-order valence-electron chi connectivity index (χ3n) is 4.71. The Labute approximate surface area is 162 Å². The fourth-order valence-corrected chi connectivity index (χ4v) is 3.31. The fraction of sp³-hybridized carbons (Fsp3) is 0.150. The van der Waals surface area contributed by atoms with Crippen molar-refractivity contribution < 1.29 is 10.0 Å². The lowest BCUT2D eigenvalue weighted by Crippen LogP contribution is -2.30. The van der Waals surface area contributed by atoms with E-state index in [1.807, 2.05) is 50.2 Å². The van der Waals surface area contributed by atoms with E-state index in [-0.39, 0.29) is 0 Å². The third kappa shape index (κ3) is 3.35. The SMILES string of the molecule is Cc1nnc(-c2c(C)[nH]c3c(B(O)O)cccc23)nc1NCc1ccccc1. The molecule has 4 N–H and O–H groups in total. The summed E-state index contributed by atoms with van der Waals surface area (Å²) in [6.45, 7) is 4.40. The molecule has 0 unspecified atom stereocenters. The first-order valence-electron chi connectivity index (χ1n) is 9.01. The number of rotatable bonds is 5. The van der Waals surface area contributed by atoms with Gasteiger partial charge in [0, 0.05) is 34.2 Å². The van der Waals surface area contributed by atoms with Gasteiger partial charge in [-0.25, -0.2) is 4.98 Å². The monoisotopic (exact) mass is 373 g/mol. The molecule has 0 radical (unpaired) electrons. The summed E-state index contributed by atoms with van der Waals surface area (Å²) in [7, 11) is -1.56. The molecule has 0 saturated carbocycles. The maximum Gasteiger partial charge on any atom is 0.490 e. The van der Waals surface area contributed by atoms with Gasteiger partial charge in [-0.15, -0.1) is 10.2 Å². The van der Waals surface area contributed by atoms with Crippen molar-refractivity contribution in [3.05, 3.63) is 65.5 Å². The summed E-state index contributed by atoms with van der Waals surface area (Å²) in [5.41, 5.74) is 4.56. The van der Waals surface area contributed by atoms with Crippen molar-refractivity contribution in [1.29, 1.82) is 0 Å². The number of H-pyrrole nitrogens is 1. The molecule has 0 atom stereocenters. The van der Waals surface area contributed by atoms with Gasteiger partial charge in [0.2, 0.25) is 0 Å². The van der Waals surface area contributed by atoms with Gasteiger partial charge in [0.15, 0.2) is 11.6 Å². The van der Waals surface area contributed by atoms with Crippen LogP contribution in [-0.2, 0) is 6.54 Å². The van der Waals surface area contributed by atoms with Gasteiger partial charge in [-0.1, -0.05) is 48.5 Å². The number of nitrogens with zero attached hydrogens (tertiary/aromatic N) is 3. The minimum Gasteiger partial charge on any atom is -0.423 e. The molecule has 0 spiro atoms. The number of anilines is 1. The highest BCUT2D eigenvalue weighted by Gasteiger charge is 2.21. The first kappa shape index (κ1) is 18.2. The summed E-state index contributed by atoms with van der Waals surface area (Å²) < 4.78 is 0. The quantitative estimate of drug-likeness (QED) is 0.398. The standard InChI is InChI=1S/C20H20BN5O2/c1-12-17(15-9-6-10-16(21(27)28)18(15)23-12)20-24-19(13(2)25-26-20)22-11-14-7-4-3-5-8-14/h3-10,23,27-28H,11H2,1-2H3,(H,22,24,26). The summed E-state index contributed by atoms with van der Waals surface area (Å²) in [5.74, 6) is 1.15. The molecule has 7 nitrogen and oxygen atoms in total. The largest absolute Gasteiger partial charge is 0.490 e. The van der Waals surface area contributed by atoms with Crippen molar-refractivity contribution >= 4 is 29.3 Å². The summed E-state index contributed by atoms with van der Waals surface area (Å²) >= 11 is 0. The van der Waals surface area contributed by atoms with Crippen LogP contribution in [0.3, 0.4) is 0 Å². The van der Waals surface area contributed by atoms with Crippen LogP contribution in [0.15, 0.2) is 48.5 Å². The van der Waals surface area contributed by atoms with E-state index in [1.54, 1.807) is 12.1 Å². The van der Waals surface area contributed by atoms with Gasteiger partial charge in [0.1, 0.15) is 5.69 Å². The third-order valence-corrected chi connectivity index (χ3v) is 4.71. The predicted octanol–water partition coefficient (Wildman–Crippen LogP) is 1.93. The van der Waals surface area contributed by atoms with E-state index in [4.69, 9.17) is 0 Å². The molecule has 2 aromatic heterocycles. The number of nitrogens with one attached hydrogen (secondary N) is 2. The molecule has 2 heterocycles. The first-order chi connectivity index (χ1) is 13.5. The van der Waals surface area contributed by atoms with E-state index in [0.717, 1.165) is 22.2 Å². The molecule has 28 heavy (non-hydrogen) atoms. The van der Waals surface area contributed by atoms with Gasteiger partial charge in [0.05, 0.1) is 0 Å². The molecule has 0 aliphatic carbocycles. The Hall–Kier alpha value is -3.23. The molecule has 0 aliphatic heterocycles. The second-order valence-electron chi connectivity index (χ2n) is 6.68. The van der Waals surface area contributed by atoms with Gasteiger partial charge in [0.25, 0.3) is 0 Å². The van der Waals surface area contributed by atoms with E-state index in [0.29, 0.717) is 34.9 Å². The zero-order valence-corrected chi connectivity index (χ0v) is 15.6. The van der Waals surface area contributed by atoms with Crippen molar-refractivity contribution in [2.24, 2.45) is 0 Å². The number of aromatic nitrogens is 4. The fourth-order valence-electron chi connectivity index (χ4n) is 3.31. The van der Waals surface area contributed by atoms with Gasteiger partial charge >= 0.3 is 7.12 Å². The summed E-state index contributed by atoms with van der Waals surface area (Å²) in [6, 6.07) is 15.4. The lowest BCUT2D eigenvalue weighted by Gasteiger charge is -2.09. The van der Waals surface area contributed by atoms with E-state index in [9.17, 15) is 10.0 Å². The van der Waals surface area contributed by atoms with E-state index >= 15 is 0 Å². The minimum absolute atomic E-state index is 0.411. The predicted molar refractivity (Wildman–Crippen MR) is 110 cm³/mol. The van der Waals surface area contributed by atoms with Crippen LogP contribution in [-0.4, -0.2) is 37.3 Å². The topological polar surface area (TPSA) is 107 Å². The van der Waals surface area contributed by atoms with Crippen molar-refractivity contribution in [1.82, 2.24) is 20.2 Å². The number of fused-ring (bicyclic) bond motifs is 1. The Morgan fingerprint density at radius 1 is 1.00 bits per heavy atom. The summed E-state index contributed by atoms with van der Waals surface area (Å²) in [4.78, 5) is 7.90. The Morgan fingerprint density at radius 2 is 1.79 bits per heavy atom. The zero-order valence-electron chi connectivity index (χ0n) is 15.6. The molecule has 4 rings (SSSR count). The second-order valence-corrected chi connectivity index (χ2v) is 6.68. The normalized spacial score (nSPS) is 11.0. The smallest absolute Gasteiger partial charge is 0.423 e. The van der Waals surface area contributed by atoms with Crippen molar-refractivity contribution in [2.75, 3.05) is 5.32 Å². The van der Waals surface area contributed by atoms with E-state index < -0.39 is 7.12 Å². The molecule has 8 heteroatoms. The lowest BCUT2D eigenvalue weighted by molar-refractivity contribution is 0.426. The number of hydrogen-bond donors (Lipinski definition) is 4. The van der Waals surface area contributed by atoms with E-state index in [1.165, 1.54) is 0 Å². The maximum atomic E-state index is 9.63. The van der Waals surface area contributed by atoms with Crippen LogP contribution >= 0.6 is 0 Å². The Morgan fingerprint density at radius 3 is 2.54 bits per heavy atom. The molecule has 2 aromatic carbocycles. The van der Waals surface area contributed by atoms with Crippen LogP contribution in [0.2, 0.25) is 0 Å². The average Bonchev–Trinajstić information content (AvgIpc) is 3.04. The average molecular weight is 373 g/mol. The first-order valence-corrected chi connectivity index (χ1v) is 9.01. The van der Waals surface area contributed by atoms with Crippen LogP contribution in [0.1, 0.15) is 17.0 Å². The minimum atomic E-state index is -1.56. The number of aromatic amines is 1. The number of aryl methyl sites for hydroxylation is 2. The van der Waals surface area contributed by atoms with Crippen LogP contribution in [0, 0.1) is 13.8 Å². The number of hydrogen-bond acceptors (Lipinski definition) is 6. The molecule has 0 bridgehead atoms.